The van der Waals surface area contributed by atoms with Gasteiger partial charge in [-0.25, -0.2) is 4.79 Å². The van der Waals surface area contributed by atoms with Crippen LogP contribution in [0, 0.1) is 0 Å². The van der Waals surface area contributed by atoms with E-state index in [2.05, 4.69) is 10.6 Å². The fourth-order valence-electron chi connectivity index (χ4n) is 1.71. The van der Waals surface area contributed by atoms with Crippen molar-refractivity contribution in [3.63, 3.8) is 0 Å². The molecule has 0 aliphatic rings. The molecule has 2 amide bonds. The van der Waals surface area contributed by atoms with Gasteiger partial charge in [0, 0.05) is 12.6 Å². The van der Waals surface area contributed by atoms with Crippen molar-refractivity contribution >= 4 is 29.4 Å². The molecule has 8 heteroatoms. The molecule has 1 unspecified atom stereocenters. The van der Waals surface area contributed by atoms with Gasteiger partial charge in [0.2, 0.25) is 11.8 Å². The van der Waals surface area contributed by atoms with Gasteiger partial charge in [0.05, 0.1) is 12.8 Å². The molecule has 1 aromatic carbocycles. The van der Waals surface area contributed by atoms with Crippen LogP contribution < -0.4 is 10.6 Å². The van der Waals surface area contributed by atoms with E-state index in [1.165, 1.54) is 6.92 Å². The zero-order chi connectivity index (χ0) is 16.7. The Morgan fingerprint density at radius 3 is 2.14 bits per heavy atom. The minimum Gasteiger partial charge on any atom is -0.481 e. The first-order valence-corrected chi connectivity index (χ1v) is 6.38. The standard InChI is InChI=1S/C14H16N2O6/c1-8(17)15-10-4-2-9(3-5-10)6-12(18)16-11(14(21)22)7-13(19)20/h2-5,11H,6-7H2,1H3,(H,15,17)(H,16,18)(H,19,20)(H,21,22). The molecule has 1 atom stereocenters. The van der Waals surface area contributed by atoms with Crippen LogP contribution in [0.3, 0.4) is 0 Å². The molecule has 0 aliphatic carbocycles. The van der Waals surface area contributed by atoms with Crippen LogP contribution in [0.5, 0.6) is 0 Å². The van der Waals surface area contributed by atoms with Crippen molar-refractivity contribution in [1.29, 1.82) is 0 Å². The van der Waals surface area contributed by atoms with E-state index in [-0.39, 0.29) is 12.3 Å². The first kappa shape index (κ1) is 17.2. The summed E-state index contributed by atoms with van der Waals surface area (Å²) in [5, 5.41) is 22.2. The highest BCUT2D eigenvalue weighted by Crippen LogP contribution is 2.10. The summed E-state index contributed by atoms with van der Waals surface area (Å²) in [5.74, 6) is -3.53. The molecule has 1 aromatic rings. The molecule has 22 heavy (non-hydrogen) atoms. The summed E-state index contributed by atoms with van der Waals surface area (Å²) in [5.41, 5.74) is 1.18. The average Bonchev–Trinajstić information content (AvgIpc) is 2.39. The molecule has 0 spiro atoms. The van der Waals surface area contributed by atoms with Crippen LogP contribution in [0.15, 0.2) is 24.3 Å². The van der Waals surface area contributed by atoms with Crippen molar-refractivity contribution in [2.45, 2.75) is 25.8 Å². The zero-order valence-corrected chi connectivity index (χ0v) is 11.8. The van der Waals surface area contributed by atoms with Gasteiger partial charge in [-0.05, 0) is 17.7 Å². The number of rotatable bonds is 7. The second-order valence-corrected chi connectivity index (χ2v) is 4.61. The maximum absolute atomic E-state index is 11.7. The summed E-state index contributed by atoms with van der Waals surface area (Å²) in [7, 11) is 0. The van der Waals surface area contributed by atoms with E-state index in [1.54, 1.807) is 24.3 Å². The Labute approximate surface area is 126 Å². The van der Waals surface area contributed by atoms with Gasteiger partial charge in [-0.3, -0.25) is 14.4 Å². The number of aliphatic carboxylic acids is 2. The van der Waals surface area contributed by atoms with Gasteiger partial charge in [0.15, 0.2) is 0 Å². The van der Waals surface area contributed by atoms with Crippen molar-refractivity contribution < 1.29 is 29.4 Å². The third-order valence-electron chi connectivity index (χ3n) is 2.65. The number of amides is 2. The molecule has 0 saturated carbocycles. The van der Waals surface area contributed by atoms with Crippen LogP contribution in [0.1, 0.15) is 18.9 Å². The van der Waals surface area contributed by atoms with Crippen LogP contribution in [-0.4, -0.2) is 40.0 Å². The Balaban J connectivity index is 2.61. The number of carboxylic acids is 2. The maximum atomic E-state index is 11.7. The number of carboxylic acid groups (broad SMARTS) is 2. The summed E-state index contributed by atoms with van der Waals surface area (Å²) >= 11 is 0. The normalized spacial score (nSPS) is 11.3. The van der Waals surface area contributed by atoms with Crippen molar-refractivity contribution in [2.24, 2.45) is 0 Å². The molecule has 0 radical (unpaired) electrons. The van der Waals surface area contributed by atoms with Crippen LogP contribution in [0.4, 0.5) is 5.69 Å². The predicted octanol–water partition coefficient (Wildman–Crippen LogP) is 0.232. The van der Waals surface area contributed by atoms with Gasteiger partial charge in [0.25, 0.3) is 0 Å². The van der Waals surface area contributed by atoms with Gasteiger partial charge in [-0.2, -0.15) is 0 Å². The van der Waals surface area contributed by atoms with E-state index < -0.39 is 30.3 Å². The third kappa shape index (κ3) is 6.04. The number of carbonyl (C=O) groups excluding carboxylic acids is 2. The van der Waals surface area contributed by atoms with Gasteiger partial charge >= 0.3 is 11.9 Å². The van der Waals surface area contributed by atoms with Crippen molar-refractivity contribution in [3.8, 4) is 0 Å². The van der Waals surface area contributed by atoms with Crippen LogP contribution in [-0.2, 0) is 25.6 Å². The lowest BCUT2D eigenvalue weighted by Crippen LogP contribution is -2.42. The fraction of sp³-hybridized carbons (Fsp3) is 0.286. The van der Waals surface area contributed by atoms with Crippen LogP contribution in [0.2, 0.25) is 0 Å². The molecule has 0 bridgehead atoms. The molecule has 0 saturated heterocycles. The first-order chi connectivity index (χ1) is 10.3. The number of anilines is 1. The number of hydrogen-bond acceptors (Lipinski definition) is 4. The molecule has 8 nitrogen and oxygen atoms in total. The monoisotopic (exact) mass is 308 g/mol. The quantitative estimate of drug-likeness (QED) is 0.570. The van der Waals surface area contributed by atoms with Crippen molar-refractivity contribution in [1.82, 2.24) is 5.32 Å². The Morgan fingerprint density at radius 2 is 1.68 bits per heavy atom. The Kier molecular flexibility index (Phi) is 6.06. The lowest BCUT2D eigenvalue weighted by molar-refractivity contribution is -0.147. The minimum absolute atomic E-state index is 0.0935. The maximum Gasteiger partial charge on any atom is 0.326 e. The third-order valence-corrected chi connectivity index (χ3v) is 2.65. The zero-order valence-electron chi connectivity index (χ0n) is 11.8. The highest BCUT2D eigenvalue weighted by atomic mass is 16.4. The summed E-state index contributed by atoms with van der Waals surface area (Å²) in [6.45, 7) is 1.37. The summed E-state index contributed by atoms with van der Waals surface area (Å²) in [6.07, 6.45) is -0.785. The summed E-state index contributed by atoms with van der Waals surface area (Å²) in [6, 6.07) is 4.96. The number of carbonyl (C=O) groups is 4. The topological polar surface area (TPSA) is 133 Å². The molecule has 0 fully saturated rings. The molecule has 1 rings (SSSR count). The Morgan fingerprint density at radius 1 is 1.09 bits per heavy atom. The van der Waals surface area contributed by atoms with Crippen LogP contribution in [0.25, 0.3) is 0 Å². The Bertz CT molecular complexity index is 582. The van der Waals surface area contributed by atoms with E-state index in [0.29, 0.717) is 11.3 Å². The van der Waals surface area contributed by atoms with Gasteiger partial charge in [-0.15, -0.1) is 0 Å². The largest absolute Gasteiger partial charge is 0.481 e. The lowest BCUT2D eigenvalue weighted by Gasteiger charge is -2.12. The van der Waals surface area contributed by atoms with E-state index in [9.17, 15) is 19.2 Å². The van der Waals surface area contributed by atoms with E-state index in [4.69, 9.17) is 10.2 Å². The van der Waals surface area contributed by atoms with Crippen LogP contribution >= 0.6 is 0 Å². The van der Waals surface area contributed by atoms with E-state index in [0.717, 1.165) is 0 Å². The van der Waals surface area contributed by atoms with Crippen molar-refractivity contribution in [3.05, 3.63) is 29.8 Å². The van der Waals surface area contributed by atoms with Gasteiger partial charge in [0.1, 0.15) is 6.04 Å². The molecule has 0 aromatic heterocycles. The number of hydrogen-bond donors (Lipinski definition) is 4. The fourth-order valence-corrected chi connectivity index (χ4v) is 1.71. The SMILES string of the molecule is CC(=O)Nc1ccc(CC(=O)NC(CC(=O)O)C(=O)O)cc1. The number of nitrogens with one attached hydrogen (secondary N) is 2. The van der Waals surface area contributed by atoms with E-state index in [1.807, 2.05) is 0 Å². The Hall–Kier alpha value is -2.90. The van der Waals surface area contributed by atoms with Gasteiger partial charge in [-0.1, -0.05) is 12.1 Å². The summed E-state index contributed by atoms with van der Waals surface area (Å²) < 4.78 is 0. The van der Waals surface area contributed by atoms with Crippen molar-refractivity contribution in [2.75, 3.05) is 5.32 Å². The highest BCUT2D eigenvalue weighted by Gasteiger charge is 2.22. The smallest absolute Gasteiger partial charge is 0.326 e. The average molecular weight is 308 g/mol. The summed E-state index contributed by atoms with van der Waals surface area (Å²) in [4.78, 5) is 44.0. The molecule has 118 valence electrons. The lowest BCUT2D eigenvalue weighted by atomic mass is 10.1. The second kappa shape index (κ2) is 7.77. The van der Waals surface area contributed by atoms with Gasteiger partial charge < -0.3 is 20.8 Å². The minimum atomic E-state index is -1.47. The number of benzene rings is 1. The first-order valence-electron chi connectivity index (χ1n) is 6.38. The molecule has 4 N–H and O–H groups in total. The predicted molar refractivity (Wildman–Crippen MR) is 76.3 cm³/mol. The highest BCUT2D eigenvalue weighted by molar-refractivity contribution is 5.89. The van der Waals surface area contributed by atoms with E-state index >= 15 is 0 Å². The second-order valence-electron chi connectivity index (χ2n) is 4.61. The molecular formula is C14H16N2O6. The molecular weight excluding hydrogens is 292 g/mol. The molecule has 0 aliphatic heterocycles. The molecule has 0 heterocycles.